The minimum atomic E-state index is -0.0179. The molecule has 22 heavy (non-hydrogen) atoms. The standard InChI is InChI=1S/C21H36O/c1-4-16-19(22)13-18-15-9-8-14-7-5-6-11-20(14,2)17(15)10-12-21(16,18)3/h14-19,22H,4-13H2,1-3H3/t14?,15-,16+,17+,18+,19?,20+,21-/m1/s1. The van der Waals surface area contributed by atoms with E-state index in [-0.39, 0.29) is 6.10 Å². The molecule has 4 aliphatic carbocycles. The van der Waals surface area contributed by atoms with Crippen LogP contribution >= 0.6 is 0 Å². The van der Waals surface area contributed by atoms with E-state index in [1.807, 2.05) is 0 Å². The Kier molecular flexibility index (Phi) is 3.68. The molecule has 0 aromatic heterocycles. The fourth-order valence-electron chi connectivity index (χ4n) is 8.15. The first kappa shape index (κ1) is 15.5. The predicted molar refractivity (Wildman–Crippen MR) is 91.5 cm³/mol. The Hall–Kier alpha value is -0.0400. The summed E-state index contributed by atoms with van der Waals surface area (Å²) in [6.07, 6.45) is 14.0. The Morgan fingerprint density at radius 2 is 1.73 bits per heavy atom. The molecule has 0 saturated heterocycles. The zero-order valence-electron chi connectivity index (χ0n) is 15.0. The number of fused-ring (bicyclic) bond motifs is 5. The van der Waals surface area contributed by atoms with Gasteiger partial charge in [-0.3, -0.25) is 0 Å². The van der Waals surface area contributed by atoms with Crippen molar-refractivity contribution in [2.24, 2.45) is 40.4 Å². The number of aliphatic hydroxyl groups excluding tert-OH is 1. The smallest absolute Gasteiger partial charge is 0.0576 e. The van der Waals surface area contributed by atoms with Crippen molar-refractivity contribution in [1.29, 1.82) is 0 Å². The Morgan fingerprint density at radius 1 is 0.909 bits per heavy atom. The van der Waals surface area contributed by atoms with Crippen molar-refractivity contribution in [3.8, 4) is 0 Å². The Balaban J connectivity index is 1.64. The molecule has 4 aliphatic rings. The van der Waals surface area contributed by atoms with Gasteiger partial charge in [0.25, 0.3) is 0 Å². The van der Waals surface area contributed by atoms with E-state index in [9.17, 15) is 5.11 Å². The molecule has 0 aliphatic heterocycles. The highest BCUT2D eigenvalue weighted by molar-refractivity contribution is 5.10. The molecule has 1 heteroatoms. The van der Waals surface area contributed by atoms with Crippen LogP contribution in [-0.4, -0.2) is 11.2 Å². The Bertz CT molecular complexity index is 426. The van der Waals surface area contributed by atoms with Crippen LogP contribution in [-0.2, 0) is 0 Å². The summed E-state index contributed by atoms with van der Waals surface area (Å²) in [6.45, 7) is 7.49. The zero-order chi connectivity index (χ0) is 15.5. The van der Waals surface area contributed by atoms with Gasteiger partial charge in [0.1, 0.15) is 0 Å². The quantitative estimate of drug-likeness (QED) is 0.686. The molecule has 4 saturated carbocycles. The highest BCUT2D eigenvalue weighted by atomic mass is 16.3. The molecule has 0 aromatic carbocycles. The van der Waals surface area contributed by atoms with Crippen LogP contribution in [0.3, 0.4) is 0 Å². The van der Waals surface area contributed by atoms with Gasteiger partial charge in [0.2, 0.25) is 0 Å². The van der Waals surface area contributed by atoms with Gasteiger partial charge in [-0.25, -0.2) is 0 Å². The van der Waals surface area contributed by atoms with Crippen LogP contribution in [0.25, 0.3) is 0 Å². The van der Waals surface area contributed by atoms with E-state index < -0.39 is 0 Å². The molecule has 4 rings (SSSR count). The SMILES string of the molecule is CC[C@H]1C(O)C[C@H]2[C@@H]3CCC4CCCC[C@]4(C)[C@H]3CC[C@]12C. The normalized spacial score (nSPS) is 57.8. The average Bonchev–Trinajstić information content (AvgIpc) is 2.76. The van der Waals surface area contributed by atoms with Crippen molar-refractivity contribution in [2.75, 3.05) is 0 Å². The monoisotopic (exact) mass is 304 g/mol. The fourth-order valence-corrected chi connectivity index (χ4v) is 8.15. The van der Waals surface area contributed by atoms with Crippen molar-refractivity contribution in [2.45, 2.75) is 91.1 Å². The van der Waals surface area contributed by atoms with E-state index in [1.165, 1.54) is 57.8 Å². The van der Waals surface area contributed by atoms with Crippen molar-refractivity contribution >= 4 is 0 Å². The van der Waals surface area contributed by atoms with E-state index in [2.05, 4.69) is 20.8 Å². The Morgan fingerprint density at radius 3 is 2.50 bits per heavy atom. The summed E-state index contributed by atoms with van der Waals surface area (Å²) < 4.78 is 0. The van der Waals surface area contributed by atoms with Crippen LogP contribution in [0.4, 0.5) is 0 Å². The molecule has 1 nitrogen and oxygen atoms in total. The molecular formula is C21H36O. The maximum atomic E-state index is 10.7. The van der Waals surface area contributed by atoms with Crippen molar-refractivity contribution in [3.05, 3.63) is 0 Å². The van der Waals surface area contributed by atoms with E-state index in [0.717, 1.165) is 30.1 Å². The summed E-state index contributed by atoms with van der Waals surface area (Å²) in [5, 5.41) is 10.7. The third-order valence-corrected chi connectivity index (χ3v) is 9.27. The van der Waals surface area contributed by atoms with Crippen LogP contribution in [0.2, 0.25) is 0 Å². The second kappa shape index (κ2) is 5.23. The third-order valence-electron chi connectivity index (χ3n) is 9.27. The molecule has 0 bridgehead atoms. The first-order valence-electron chi connectivity index (χ1n) is 10.2. The molecule has 0 amide bonds. The van der Waals surface area contributed by atoms with E-state index in [1.54, 1.807) is 0 Å². The lowest BCUT2D eigenvalue weighted by Gasteiger charge is -2.60. The molecule has 1 N–H and O–H groups in total. The van der Waals surface area contributed by atoms with Gasteiger partial charge in [-0.1, -0.05) is 40.0 Å². The molecule has 0 radical (unpaired) electrons. The third kappa shape index (κ3) is 1.93. The van der Waals surface area contributed by atoms with Gasteiger partial charge in [0.15, 0.2) is 0 Å². The van der Waals surface area contributed by atoms with Gasteiger partial charge >= 0.3 is 0 Å². The summed E-state index contributed by atoms with van der Waals surface area (Å²) >= 11 is 0. The molecular weight excluding hydrogens is 268 g/mol. The summed E-state index contributed by atoms with van der Waals surface area (Å²) in [5.74, 6) is 4.28. The minimum absolute atomic E-state index is 0.0179. The molecule has 2 unspecified atom stereocenters. The lowest BCUT2D eigenvalue weighted by atomic mass is 9.45. The maximum absolute atomic E-state index is 10.7. The van der Waals surface area contributed by atoms with Crippen LogP contribution in [0, 0.1) is 40.4 Å². The molecule has 0 spiro atoms. The maximum Gasteiger partial charge on any atom is 0.0576 e. The van der Waals surface area contributed by atoms with E-state index >= 15 is 0 Å². The van der Waals surface area contributed by atoms with E-state index in [4.69, 9.17) is 0 Å². The minimum Gasteiger partial charge on any atom is -0.393 e. The zero-order valence-corrected chi connectivity index (χ0v) is 15.0. The van der Waals surface area contributed by atoms with Crippen molar-refractivity contribution in [3.63, 3.8) is 0 Å². The molecule has 126 valence electrons. The van der Waals surface area contributed by atoms with Crippen molar-refractivity contribution in [1.82, 2.24) is 0 Å². The van der Waals surface area contributed by atoms with Gasteiger partial charge in [0, 0.05) is 0 Å². The summed E-state index contributed by atoms with van der Waals surface area (Å²) in [6, 6.07) is 0. The molecule has 0 aromatic rings. The predicted octanol–water partition coefficient (Wildman–Crippen LogP) is 5.42. The highest BCUT2D eigenvalue weighted by Gasteiger charge is 2.61. The number of aliphatic hydroxyl groups is 1. The summed E-state index contributed by atoms with van der Waals surface area (Å²) in [4.78, 5) is 0. The van der Waals surface area contributed by atoms with Crippen LogP contribution in [0.5, 0.6) is 0 Å². The first-order valence-corrected chi connectivity index (χ1v) is 10.2. The van der Waals surface area contributed by atoms with Gasteiger partial charge in [-0.05, 0) is 85.4 Å². The lowest BCUT2D eigenvalue weighted by molar-refractivity contribution is -0.111. The van der Waals surface area contributed by atoms with Gasteiger partial charge in [-0.2, -0.15) is 0 Å². The van der Waals surface area contributed by atoms with Crippen LogP contribution in [0.1, 0.15) is 85.0 Å². The van der Waals surface area contributed by atoms with Gasteiger partial charge in [0.05, 0.1) is 6.10 Å². The number of rotatable bonds is 1. The second-order valence-electron chi connectivity index (χ2n) is 9.77. The lowest BCUT2D eigenvalue weighted by Crippen LogP contribution is -2.52. The summed E-state index contributed by atoms with van der Waals surface area (Å²) in [7, 11) is 0. The average molecular weight is 305 g/mol. The number of hydrogen-bond donors (Lipinski definition) is 1. The van der Waals surface area contributed by atoms with E-state index in [0.29, 0.717) is 16.7 Å². The molecule has 4 fully saturated rings. The molecule has 0 heterocycles. The highest BCUT2D eigenvalue weighted by Crippen LogP contribution is 2.67. The molecule has 8 atom stereocenters. The van der Waals surface area contributed by atoms with Crippen LogP contribution < -0.4 is 0 Å². The fraction of sp³-hybridized carbons (Fsp3) is 1.00. The second-order valence-corrected chi connectivity index (χ2v) is 9.77. The van der Waals surface area contributed by atoms with Gasteiger partial charge in [-0.15, -0.1) is 0 Å². The number of hydrogen-bond acceptors (Lipinski definition) is 1. The first-order chi connectivity index (χ1) is 10.5. The Labute approximate surface area is 137 Å². The van der Waals surface area contributed by atoms with Crippen LogP contribution in [0.15, 0.2) is 0 Å². The topological polar surface area (TPSA) is 20.2 Å². The largest absolute Gasteiger partial charge is 0.393 e. The van der Waals surface area contributed by atoms with Gasteiger partial charge < -0.3 is 5.11 Å². The van der Waals surface area contributed by atoms with Crippen molar-refractivity contribution < 1.29 is 5.11 Å². The summed E-state index contributed by atoms with van der Waals surface area (Å²) in [5.41, 5.74) is 1.07.